The van der Waals surface area contributed by atoms with E-state index in [4.69, 9.17) is 0 Å². The second kappa shape index (κ2) is 3.56. The first kappa shape index (κ1) is 9.78. The molecule has 0 bridgehead atoms. The topological polar surface area (TPSA) is 41.1 Å². The number of rotatable bonds is 2. The Morgan fingerprint density at radius 2 is 1.88 bits per heavy atom. The maximum absolute atomic E-state index is 12.7. The van der Waals surface area contributed by atoms with Crippen molar-refractivity contribution in [3.63, 3.8) is 0 Å². The molecule has 1 heterocycles. The van der Waals surface area contributed by atoms with Gasteiger partial charge in [0.05, 0.1) is 0 Å². The highest BCUT2D eigenvalue weighted by atomic mass is 19.1. The number of carbonyl (C=O) groups excluding carboxylic acids is 1. The molecule has 2 N–H and O–H groups in total. The van der Waals surface area contributed by atoms with Crippen molar-refractivity contribution in [3.8, 4) is 0 Å². The molecule has 84 valence electrons. The highest BCUT2D eigenvalue weighted by Gasteiger charge is 2.53. The van der Waals surface area contributed by atoms with Crippen LogP contribution in [0.15, 0.2) is 24.3 Å². The molecule has 1 aliphatic carbocycles. The Kier molecular flexibility index (Phi) is 2.17. The van der Waals surface area contributed by atoms with E-state index in [-0.39, 0.29) is 11.7 Å². The van der Waals surface area contributed by atoms with Crippen LogP contribution in [0, 0.1) is 17.7 Å². The molecule has 1 amide bonds. The van der Waals surface area contributed by atoms with Gasteiger partial charge >= 0.3 is 0 Å². The Bertz CT molecular complexity index is 408. The molecule has 2 fully saturated rings. The Labute approximate surface area is 93.0 Å². The lowest BCUT2D eigenvalue weighted by molar-refractivity contribution is 0.0946. The number of piperidine rings is 1. The van der Waals surface area contributed by atoms with E-state index in [1.165, 1.54) is 24.3 Å². The van der Waals surface area contributed by atoms with Gasteiger partial charge in [-0.15, -0.1) is 0 Å². The van der Waals surface area contributed by atoms with E-state index >= 15 is 0 Å². The summed E-state index contributed by atoms with van der Waals surface area (Å²) >= 11 is 0. The summed E-state index contributed by atoms with van der Waals surface area (Å²) in [6.45, 7) is 2.00. The minimum absolute atomic E-state index is 0.0978. The Morgan fingerprint density at radius 1 is 1.25 bits per heavy atom. The smallest absolute Gasteiger partial charge is 0.251 e. The largest absolute Gasteiger partial charge is 0.349 e. The van der Waals surface area contributed by atoms with Gasteiger partial charge in [0.25, 0.3) is 5.91 Å². The van der Waals surface area contributed by atoms with Gasteiger partial charge in [0.1, 0.15) is 5.82 Å². The molecule has 16 heavy (non-hydrogen) atoms. The highest BCUT2D eigenvalue weighted by molar-refractivity contribution is 5.94. The standard InChI is InChI=1S/C12H13FN2O/c13-8-3-1-7(2-4-8)12(16)15-11-9-5-14-6-10(9)11/h1-4,9-11,14H,5-6H2,(H,15,16). The third-order valence-corrected chi connectivity index (χ3v) is 3.50. The molecule has 0 aromatic heterocycles. The molecule has 3 rings (SSSR count). The van der Waals surface area contributed by atoms with E-state index in [0.29, 0.717) is 23.4 Å². The van der Waals surface area contributed by atoms with Gasteiger partial charge in [-0.25, -0.2) is 4.39 Å². The van der Waals surface area contributed by atoms with Gasteiger partial charge in [0.15, 0.2) is 0 Å². The van der Waals surface area contributed by atoms with Gasteiger partial charge in [-0.05, 0) is 36.1 Å². The first-order chi connectivity index (χ1) is 7.75. The number of benzene rings is 1. The first-order valence-electron chi connectivity index (χ1n) is 5.53. The average Bonchev–Trinajstić information content (AvgIpc) is 2.75. The van der Waals surface area contributed by atoms with Crippen molar-refractivity contribution in [2.75, 3.05) is 13.1 Å². The van der Waals surface area contributed by atoms with E-state index in [1.807, 2.05) is 0 Å². The van der Waals surface area contributed by atoms with Crippen LogP contribution in [0.5, 0.6) is 0 Å². The Balaban J connectivity index is 1.63. The zero-order chi connectivity index (χ0) is 11.1. The third-order valence-electron chi connectivity index (χ3n) is 3.50. The fourth-order valence-electron chi connectivity index (χ4n) is 2.47. The predicted octanol–water partition coefficient (Wildman–Crippen LogP) is 0.773. The van der Waals surface area contributed by atoms with Crippen molar-refractivity contribution in [1.82, 2.24) is 10.6 Å². The summed E-state index contributed by atoms with van der Waals surface area (Å²) in [6, 6.07) is 5.97. The number of nitrogens with one attached hydrogen (secondary N) is 2. The molecule has 1 saturated carbocycles. The fraction of sp³-hybridized carbons (Fsp3) is 0.417. The fourth-order valence-corrected chi connectivity index (χ4v) is 2.47. The van der Waals surface area contributed by atoms with Crippen LogP contribution in [0.3, 0.4) is 0 Å². The lowest BCUT2D eigenvalue weighted by atomic mass is 10.2. The quantitative estimate of drug-likeness (QED) is 0.773. The monoisotopic (exact) mass is 220 g/mol. The van der Waals surface area contributed by atoms with E-state index in [0.717, 1.165) is 13.1 Å². The zero-order valence-corrected chi connectivity index (χ0v) is 8.74. The van der Waals surface area contributed by atoms with Gasteiger partial charge in [-0.2, -0.15) is 0 Å². The molecule has 2 atom stereocenters. The normalized spacial score (nSPS) is 30.9. The van der Waals surface area contributed by atoms with Crippen molar-refractivity contribution < 1.29 is 9.18 Å². The maximum atomic E-state index is 12.7. The third kappa shape index (κ3) is 1.59. The van der Waals surface area contributed by atoms with Crippen LogP contribution in [0.25, 0.3) is 0 Å². The van der Waals surface area contributed by atoms with Gasteiger partial charge in [0.2, 0.25) is 0 Å². The molecule has 1 aliphatic heterocycles. The summed E-state index contributed by atoms with van der Waals surface area (Å²) < 4.78 is 12.7. The Morgan fingerprint density at radius 3 is 2.50 bits per heavy atom. The number of fused-ring (bicyclic) bond motifs is 1. The van der Waals surface area contributed by atoms with Crippen LogP contribution in [0.4, 0.5) is 4.39 Å². The molecule has 2 aliphatic rings. The van der Waals surface area contributed by atoms with Gasteiger partial charge in [-0.3, -0.25) is 4.79 Å². The minimum atomic E-state index is -0.316. The van der Waals surface area contributed by atoms with E-state index in [9.17, 15) is 9.18 Å². The van der Waals surface area contributed by atoms with Crippen LogP contribution >= 0.6 is 0 Å². The van der Waals surface area contributed by atoms with E-state index in [2.05, 4.69) is 10.6 Å². The van der Waals surface area contributed by atoms with Crippen molar-refractivity contribution in [3.05, 3.63) is 35.6 Å². The number of halogens is 1. The molecule has 4 heteroatoms. The summed E-state index contributed by atoms with van der Waals surface area (Å²) in [4.78, 5) is 11.8. The van der Waals surface area contributed by atoms with Crippen molar-refractivity contribution in [1.29, 1.82) is 0 Å². The zero-order valence-electron chi connectivity index (χ0n) is 8.74. The number of hydrogen-bond donors (Lipinski definition) is 2. The molecule has 0 radical (unpaired) electrons. The Hall–Kier alpha value is -1.42. The molecule has 1 saturated heterocycles. The van der Waals surface area contributed by atoms with Crippen LogP contribution in [0.2, 0.25) is 0 Å². The number of carbonyl (C=O) groups is 1. The summed E-state index contributed by atoms with van der Waals surface area (Å²) in [6.07, 6.45) is 0. The maximum Gasteiger partial charge on any atom is 0.251 e. The lowest BCUT2D eigenvalue weighted by Crippen LogP contribution is -2.32. The van der Waals surface area contributed by atoms with E-state index < -0.39 is 0 Å². The average molecular weight is 220 g/mol. The SMILES string of the molecule is O=C(NC1C2CNCC21)c1ccc(F)cc1. The molecule has 1 aromatic carbocycles. The second-order valence-electron chi connectivity index (χ2n) is 4.49. The second-order valence-corrected chi connectivity index (χ2v) is 4.49. The van der Waals surface area contributed by atoms with Gasteiger partial charge < -0.3 is 10.6 Å². The highest BCUT2D eigenvalue weighted by Crippen LogP contribution is 2.41. The van der Waals surface area contributed by atoms with Gasteiger partial charge in [0, 0.05) is 24.7 Å². The summed E-state index contributed by atoms with van der Waals surface area (Å²) in [5.74, 6) is 0.789. The van der Waals surface area contributed by atoms with Crippen molar-refractivity contribution in [2.45, 2.75) is 6.04 Å². The predicted molar refractivity (Wildman–Crippen MR) is 57.5 cm³/mol. The molecular weight excluding hydrogens is 207 g/mol. The molecule has 2 unspecified atom stereocenters. The molecule has 3 nitrogen and oxygen atoms in total. The molecule has 0 spiro atoms. The summed E-state index contributed by atoms with van der Waals surface area (Å²) in [5.41, 5.74) is 0.527. The van der Waals surface area contributed by atoms with Gasteiger partial charge in [-0.1, -0.05) is 0 Å². The van der Waals surface area contributed by atoms with E-state index in [1.54, 1.807) is 0 Å². The minimum Gasteiger partial charge on any atom is -0.349 e. The summed E-state index contributed by atoms with van der Waals surface area (Å²) in [7, 11) is 0. The molecule has 1 aromatic rings. The van der Waals surface area contributed by atoms with Crippen LogP contribution in [-0.4, -0.2) is 25.0 Å². The number of hydrogen-bond acceptors (Lipinski definition) is 2. The molecular formula is C12H13FN2O. The lowest BCUT2D eigenvalue weighted by Gasteiger charge is -2.07. The van der Waals surface area contributed by atoms with Crippen LogP contribution in [-0.2, 0) is 0 Å². The van der Waals surface area contributed by atoms with Crippen LogP contribution in [0.1, 0.15) is 10.4 Å². The van der Waals surface area contributed by atoms with Crippen LogP contribution < -0.4 is 10.6 Å². The number of amides is 1. The van der Waals surface area contributed by atoms with Crippen molar-refractivity contribution >= 4 is 5.91 Å². The van der Waals surface area contributed by atoms with Crippen molar-refractivity contribution in [2.24, 2.45) is 11.8 Å². The summed E-state index contributed by atoms with van der Waals surface area (Å²) in [5, 5.41) is 6.26. The first-order valence-corrected chi connectivity index (χ1v) is 5.53.